The van der Waals surface area contributed by atoms with Gasteiger partial charge in [-0.1, -0.05) is 0 Å². The summed E-state index contributed by atoms with van der Waals surface area (Å²) in [4.78, 5) is 0. The Morgan fingerprint density at radius 1 is 1.00 bits per heavy atom. The van der Waals surface area contributed by atoms with Gasteiger partial charge in [0.25, 0.3) is 0 Å². The molecule has 4 fully saturated rings. The summed E-state index contributed by atoms with van der Waals surface area (Å²) in [6.07, 6.45) is 9.63. The van der Waals surface area contributed by atoms with Crippen molar-refractivity contribution in [2.45, 2.75) is 44.1 Å². The molecule has 0 aliphatic heterocycles. The molecule has 0 aromatic heterocycles. The lowest BCUT2D eigenvalue weighted by Gasteiger charge is -2.57. The molecule has 0 saturated heterocycles. The zero-order valence-corrected chi connectivity index (χ0v) is 17.6. The van der Waals surface area contributed by atoms with E-state index in [0.717, 1.165) is 23.3 Å². The smallest absolute Gasteiger partial charge is 0.187 e. The molecule has 7 heteroatoms. The molecule has 0 heterocycles. The molecule has 0 radical (unpaired) electrons. The molecule has 4 bridgehead atoms. The first-order valence-electron chi connectivity index (χ1n) is 9.95. The summed E-state index contributed by atoms with van der Waals surface area (Å²) in [5.74, 6) is 4.54. The molecule has 152 valence electrons. The fourth-order valence-electron chi connectivity index (χ4n) is 5.85. The zero-order chi connectivity index (χ0) is 19.7. The van der Waals surface area contributed by atoms with Crippen LogP contribution in [0.2, 0.25) is 0 Å². The van der Waals surface area contributed by atoms with E-state index in [2.05, 4.69) is 15.8 Å². The van der Waals surface area contributed by atoms with E-state index in [1.165, 1.54) is 38.5 Å². The number of methoxy groups -OCH3 is 3. The van der Waals surface area contributed by atoms with E-state index in [0.29, 0.717) is 22.4 Å². The summed E-state index contributed by atoms with van der Waals surface area (Å²) >= 11 is 5.55. The number of ether oxygens (including phenoxy) is 3. The number of thiocarbonyl (C=S) groups is 1. The SMILES string of the molecule is COc1cc(OC)c(C=NNC(=S)NC23CC4CC(CC(C4)C2)C3)c(OC)c1. The minimum atomic E-state index is 0.170. The molecule has 5 rings (SSSR count). The standard InChI is InChI=1S/C21H29N3O3S/c1-25-16-7-18(26-2)17(19(8-16)27-3)12-22-24-20(28)23-21-9-13-4-14(10-21)6-15(5-13)11-21/h7-8,12-15H,4-6,9-11H2,1-3H3,(H2,23,24,28). The van der Waals surface area contributed by atoms with Gasteiger partial charge in [-0.05, 0) is 68.5 Å². The lowest BCUT2D eigenvalue weighted by Crippen LogP contribution is -2.61. The van der Waals surface area contributed by atoms with Gasteiger partial charge in [-0.2, -0.15) is 5.10 Å². The summed E-state index contributed by atoms with van der Waals surface area (Å²) in [6.45, 7) is 0. The third-order valence-corrected chi connectivity index (χ3v) is 6.72. The van der Waals surface area contributed by atoms with Crippen molar-refractivity contribution in [2.75, 3.05) is 21.3 Å². The number of benzene rings is 1. The molecular formula is C21H29N3O3S. The molecule has 1 aromatic rings. The molecule has 0 unspecified atom stereocenters. The normalized spacial score (nSPS) is 30.3. The second kappa shape index (κ2) is 7.78. The highest BCUT2D eigenvalue weighted by atomic mass is 32.1. The van der Waals surface area contributed by atoms with Gasteiger partial charge in [-0.15, -0.1) is 0 Å². The van der Waals surface area contributed by atoms with Gasteiger partial charge < -0.3 is 19.5 Å². The highest BCUT2D eigenvalue weighted by Crippen LogP contribution is 2.55. The van der Waals surface area contributed by atoms with E-state index in [1.807, 2.05) is 0 Å². The van der Waals surface area contributed by atoms with Crippen LogP contribution < -0.4 is 25.0 Å². The van der Waals surface area contributed by atoms with Crippen molar-refractivity contribution in [3.63, 3.8) is 0 Å². The third-order valence-electron chi connectivity index (χ3n) is 6.53. The molecule has 4 aliphatic rings. The molecule has 4 saturated carbocycles. The second-order valence-electron chi connectivity index (χ2n) is 8.47. The number of hydrazone groups is 1. The molecule has 6 nitrogen and oxygen atoms in total. The fraction of sp³-hybridized carbons (Fsp3) is 0.619. The van der Waals surface area contributed by atoms with Crippen LogP contribution in [0.1, 0.15) is 44.1 Å². The van der Waals surface area contributed by atoms with Gasteiger partial charge in [0.1, 0.15) is 17.2 Å². The Kier molecular flexibility index (Phi) is 5.36. The van der Waals surface area contributed by atoms with Crippen LogP contribution >= 0.6 is 12.2 Å². The molecule has 0 amide bonds. The van der Waals surface area contributed by atoms with Gasteiger partial charge >= 0.3 is 0 Å². The fourth-order valence-corrected chi connectivity index (χ4v) is 6.12. The number of hydrogen-bond acceptors (Lipinski definition) is 5. The van der Waals surface area contributed by atoms with Crippen LogP contribution in [0.15, 0.2) is 17.2 Å². The molecule has 4 aliphatic carbocycles. The summed E-state index contributed by atoms with van der Waals surface area (Å²) < 4.78 is 16.2. The predicted molar refractivity (Wildman–Crippen MR) is 113 cm³/mol. The van der Waals surface area contributed by atoms with Crippen LogP contribution in [0, 0.1) is 17.8 Å². The van der Waals surface area contributed by atoms with E-state index in [1.54, 1.807) is 39.7 Å². The Morgan fingerprint density at radius 3 is 2.00 bits per heavy atom. The molecule has 1 aromatic carbocycles. The van der Waals surface area contributed by atoms with Crippen LogP contribution in [0.3, 0.4) is 0 Å². The van der Waals surface area contributed by atoms with Crippen molar-refractivity contribution in [3.8, 4) is 17.2 Å². The summed E-state index contributed by atoms with van der Waals surface area (Å²) in [7, 11) is 4.83. The highest BCUT2D eigenvalue weighted by Gasteiger charge is 2.51. The lowest BCUT2D eigenvalue weighted by molar-refractivity contribution is -0.0101. The molecular weight excluding hydrogens is 374 g/mol. The first kappa shape index (κ1) is 19.3. The van der Waals surface area contributed by atoms with Crippen LogP contribution in [0.25, 0.3) is 0 Å². The second-order valence-corrected chi connectivity index (χ2v) is 8.88. The van der Waals surface area contributed by atoms with Gasteiger partial charge in [0, 0.05) is 17.7 Å². The van der Waals surface area contributed by atoms with Gasteiger partial charge in [0.2, 0.25) is 0 Å². The summed E-state index contributed by atoms with van der Waals surface area (Å²) in [6, 6.07) is 3.60. The van der Waals surface area contributed by atoms with E-state index in [4.69, 9.17) is 26.4 Å². The van der Waals surface area contributed by atoms with E-state index < -0.39 is 0 Å². The number of rotatable bonds is 6. The van der Waals surface area contributed by atoms with E-state index in [-0.39, 0.29) is 5.54 Å². The van der Waals surface area contributed by atoms with Crippen LogP contribution in [-0.4, -0.2) is 38.2 Å². The topological polar surface area (TPSA) is 64.1 Å². The Labute approximate surface area is 172 Å². The first-order valence-corrected chi connectivity index (χ1v) is 10.4. The Morgan fingerprint density at radius 2 is 1.54 bits per heavy atom. The van der Waals surface area contributed by atoms with Gasteiger partial charge in [0.15, 0.2) is 5.11 Å². The Balaban J connectivity index is 1.42. The molecule has 0 spiro atoms. The maximum absolute atomic E-state index is 5.55. The predicted octanol–water partition coefficient (Wildman–Crippen LogP) is 3.48. The maximum Gasteiger partial charge on any atom is 0.187 e. The van der Waals surface area contributed by atoms with Gasteiger partial charge in [-0.3, -0.25) is 5.43 Å². The largest absolute Gasteiger partial charge is 0.496 e. The van der Waals surface area contributed by atoms with Crippen molar-refractivity contribution in [2.24, 2.45) is 22.9 Å². The van der Waals surface area contributed by atoms with Crippen LogP contribution in [0.5, 0.6) is 17.2 Å². The quantitative estimate of drug-likeness (QED) is 0.431. The average molecular weight is 404 g/mol. The minimum absolute atomic E-state index is 0.170. The van der Waals surface area contributed by atoms with Crippen molar-refractivity contribution < 1.29 is 14.2 Å². The van der Waals surface area contributed by atoms with Crippen molar-refractivity contribution in [1.29, 1.82) is 0 Å². The number of nitrogens with one attached hydrogen (secondary N) is 2. The summed E-state index contributed by atoms with van der Waals surface area (Å²) in [5, 5.41) is 8.53. The first-order chi connectivity index (χ1) is 13.5. The lowest BCUT2D eigenvalue weighted by atomic mass is 9.53. The van der Waals surface area contributed by atoms with Crippen molar-refractivity contribution >= 4 is 23.5 Å². The van der Waals surface area contributed by atoms with Gasteiger partial charge in [-0.25, -0.2) is 0 Å². The van der Waals surface area contributed by atoms with Crippen LogP contribution in [-0.2, 0) is 0 Å². The highest BCUT2D eigenvalue weighted by molar-refractivity contribution is 7.80. The monoisotopic (exact) mass is 403 g/mol. The molecule has 0 atom stereocenters. The summed E-state index contributed by atoms with van der Waals surface area (Å²) in [5.41, 5.74) is 3.89. The maximum atomic E-state index is 5.55. The van der Waals surface area contributed by atoms with Crippen LogP contribution in [0.4, 0.5) is 0 Å². The van der Waals surface area contributed by atoms with Gasteiger partial charge in [0.05, 0.1) is 33.1 Å². The van der Waals surface area contributed by atoms with E-state index in [9.17, 15) is 0 Å². The minimum Gasteiger partial charge on any atom is -0.496 e. The average Bonchev–Trinajstić information content (AvgIpc) is 2.66. The zero-order valence-electron chi connectivity index (χ0n) is 16.8. The van der Waals surface area contributed by atoms with Crippen molar-refractivity contribution in [3.05, 3.63) is 17.7 Å². The number of nitrogens with zero attached hydrogens (tertiary/aromatic N) is 1. The number of hydrogen-bond donors (Lipinski definition) is 2. The van der Waals surface area contributed by atoms with E-state index >= 15 is 0 Å². The third kappa shape index (κ3) is 3.77. The van der Waals surface area contributed by atoms with Crippen molar-refractivity contribution in [1.82, 2.24) is 10.7 Å². The Hall–Kier alpha value is -2.02. The Bertz CT molecular complexity index is 720. The molecule has 2 N–H and O–H groups in total. The molecule has 28 heavy (non-hydrogen) atoms.